The molecule has 0 spiro atoms. The number of rotatable bonds is 1. The Morgan fingerprint density at radius 1 is 1.20 bits per heavy atom. The Balaban J connectivity index is 0.00000182. The standard InChI is InChI=1S/C16H20N6O2.ClH/c1-10-18-12-8-22(6-3-11(12)15(23)19-10)16(24)13-9-21-7-5-17-4-2-14(21)20-13;/h9,17H,2-8H2,1H3,(H,18,19,23);1H. The topological polar surface area (TPSA) is 95.9 Å². The van der Waals surface area contributed by atoms with Crippen LogP contribution in [0.2, 0.25) is 0 Å². The number of nitrogens with zero attached hydrogens (tertiary/aromatic N) is 4. The lowest BCUT2D eigenvalue weighted by molar-refractivity contribution is 0.0725. The van der Waals surface area contributed by atoms with Gasteiger partial charge in [-0.2, -0.15) is 0 Å². The molecule has 0 aromatic carbocycles. The van der Waals surface area contributed by atoms with Crippen molar-refractivity contribution in [2.45, 2.75) is 32.9 Å². The van der Waals surface area contributed by atoms with Crippen LogP contribution in [0.1, 0.15) is 33.4 Å². The average Bonchev–Trinajstić information content (AvgIpc) is 2.84. The molecule has 2 aromatic heterocycles. The van der Waals surface area contributed by atoms with Gasteiger partial charge >= 0.3 is 0 Å². The van der Waals surface area contributed by atoms with Gasteiger partial charge in [0.2, 0.25) is 0 Å². The van der Waals surface area contributed by atoms with Crippen LogP contribution in [-0.4, -0.2) is 50.0 Å². The maximum atomic E-state index is 12.8. The lowest BCUT2D eigenvalue weighted by Gasteiger charge is -2.27. The number of aromatic nitrogens is 4. The highest BCUT2D eigenvalue weighted by Gasteiger charge is 2.27. The second-order valence-corrected chi connectivity index (χ2v) is 6.29. The normalized spacial score (nSPS) is 16.4. The van der Waals surface area contributed by atoms with Crippen LogP contribution in [0.25, 0.3) is 0 Å². The van der Waals surface area contributed by atoms with E-state index in [1.54, 1.807) is 11.8 Å². The number of amides is 1. The molecule has 0 unspecified atom stereocenters. The zero-order valence-corrected chi connectivity index (χ0v) is 14.9. The second-order valence-electron chi connectivity index (χ2n) is 6.29. The van der Waals surface area contributed by atoms with Gasteiger partial charge in [-0.3, -0.25) is 9.59 Å². The Morgan fingerprint density at radius 2 is 2.04 bits per heavy atom. The lowest BCUT2D eigenvalue weighted by Crippen LogP contribution is -2.39. The van der Waals surface area contributed by atoms with Crippen molar-refractivity contribution in [3.05, 3.63) is 45.2 Å². The fourth-order valence-corrected chi connectivity index (χ4v) is 3.37. The third kappa shape index (κ3) is 3.32. The number of halogens is 1. The van der Waals surface area contributed by atoms with Crippen LogP contribution in [0, 0.1) is 6.92 Å². The fourth-order valence-electron chi connectivity index (χ4n) is 3.37. The van der Waals surface area contributed by atoms with Gasteiger partial charge in [-0.15, -0.1) is 12.4 Å². The summed E-state index contributed by atoms with van der Waals surface area (Å²) in [7, 11) is 0. The van der Waals surface area contributed by atoms with Gasteiger partial charge < -0.3 is 19.8 Å². The zero-order chi connectivity index (χ0) is 16.7. The van der Waals surface area contributed by atoms with Crippen molar-refractivity contribution in [1.29, 1.82) is 0 Å². The van der Waals surface area contributed by atoms with Crippen molar-refractivity contribution in [3.8, 4) is 0 Å². The van der Waals surface area contributed by atoms with Crippen molar-refractivity contribution >= 4 is 18.3 Å². The summed E-state index contributed by atoms with van der Waals surface area (Å²) in [4.78, 5) is 38.1. The van der Waals surface area contributed by atoms with Crippen LogP contribution in [0.15, 0.2) is 11.0 Å². The molecular formula is C16H21ClN6O2. The third-order valence-electron chi connectivity index (χ3n) is 4.61. The van der Waals surface area contributed by atoms with Gasteiger partial charge in [-0.05, 0) is 13.3 Å². The van der Waals surface area contributed by atoms with Gasteiger partial charge in [0.25, 0.3) is 11.5 Å². The van der Waals surface area contributed by atoms with E-state index in [2.05, 4.69) is 24.8 Å². The average molecular weight is 365 g/mol. The number of aromatic amines is 1. The summed E-state index contributed by atoms with van der Waals surface area (Å²) in [5.41, 5.74) is 1.78. The molecule has 4 heterocycles. The van der Waals surface area contributed by atoms with Gasteiger partial charge in [0, 0.05) is 44.4 Å². The summed E-state index contributed by atoms with van der Waals surface area (Å²) in [6.07, 6.45) is 3.20. The highest BCUT2D eigenvalue weighted by Crippen LogP contribution is 2.17. The number of fused-ring (bicyclic) bond motifs is 2. The third-order valence-corrected chi connectivity index (χ3v) is 4.61. The Kier molecular flexibility index (Phi) is 4.91. The Labute approximate surface area is 151 Å². The first-order valence-corrected chi connectivity index (χ1v) is 8.26. The van der Waals surface area contributed by atoms with E-state index in [0.29, 0.717) is 42.3 Å². The maximum absolute atomic E-state index is 12.8. The van der Waals surface area contributed by atoms with Gasteiger partial charge in [0.1, 0.15) is 17.3 Å². The van der Waals surface area contributed by atoms with Crippen molar-refractivity contribution < 1.29 is 4.79 Å². The van der Waals surface area contributed by atoms with E-state index in [-0.39, 0.29) is 23.9 Å². The quantitative estimate of drug-likeness (QED) is 0.745. The van der Waals surface area contributed by atoms with E-state index in [9.17, 15) is 9.59 Å². The van der Waals surface area contributed by atoms with E-state index < -0.39 is 0 Å². The van der Waals surface area contributed by atoms with E-state index >= 15 is 0 Å². The first-order valence-electron chi connectivity index (χ1n) is 8.26. The van der Waals surface area contributed by atoms with Gasteiger partial charge in [0.15, 0.2) is 0 Å². The molecule has 0 fully saturated rings. The molecule has 9 heteroatoms. The highest BCUT2D eigenvalue weighted by atomic mass is 35.5. The Hall–Kier alpha value is -2.19. The molecule has 0 radical (unpaired) electrons. The number of nitrogens with one attached hydrogen (secondary N) is 2. The van der Waals surface area contributed by atoms with Crippen LogP contribution in [0.5, 0.6) is 0 Å². The molecule has 134 valence electrons. The molecule has 2 N–H and O–H groups in total. The van der Waals surface area contributed by atoms with Crippen LogP contribution < -0.4 is 10.9 Å². The minimum atomic E-state index is -0.0918. The fraction of sp³-hybridized carbons (Fsp3) is 0.500. The van der Waals surface area contributed by atoms with Crippen molar-refractivity contribution in [1.82, 2.24) is 29.7 Å². The van der Waals surface area contributed by atoms with Crippen LogP contribution in [0.4, 0.5) is 0 Å². The number of carbonyl (C=O) groups is 1. The molecule has 4 rings (SSSR count). The first-order chi connectivity index (χ1) is 11.6. The molecular weight excluding hydrogens is 344 g/mol. The molecule has 0 saturated carbocycles. The molecule has 2 aromatic rings. The predicted molar refractivity (Wildman–Crippen MR) is 94.1 cm³/mol. The maximum Gasteiger partial charge on any atom is 0.274 e. The number of carbonyl (C=O) groups excluding carboxylic acids is 1. The minimum Gasteiger partial charge on any atom is -0.333 e. The Morgan fingerprint density at radius 3 is 2.88 bits per heavy atom. The second kappa shape index (κ2) is 6.97. The summed E-state index contributed by atoms with van der Waals surface area (Å²) in [6, 6.07) is 0. The molecule has 2 aliphatic heterocycles. The number of imidazole rings is 1. The monoisotopic (exact) mass is 364 g/mol. The van der Waals surface area contributed by atoms with Crippen LogP contribution >= 0.6 is 12.4 Å². The summed E-state index contributed by atoms with van der Waals surface area (Å²) in [5.74, 6) is 1.44. The number of H-pyrrole nitrogens is 1. The molecule has 25 heavy (non-hydrogen) atoms. The van der Waals surface area contributed by atoms with Crippen molar-refractivity contribution in [3.63, 3.8) is 0 Å². The van der Waals surface area contributed by atoms with Gasteiger partial charge in [-0.1, -0.05) is 0 Å². The first kappa shape index (κ1) is 17.6. The predicted octanol–water partition coefficient (Wildman–Crippen LogP) is 0.0408. The number of aryl methyl sites for hydroxylation is 1. The van der Waals surface area contributed by atoms with E-state index in [0.717, 1.165) is 31.9 Å². The van der Waals surface area contributed by atoms with Gasteiger partial charge in [0.05, 0.1) is 12.2 Å². The number of hydrogen-bond acceptors (Lipinski definition) is 5. The summed E-state index contributed by atoms with van der Waals surface area (Å²) >= 11 is 0. The Bertz CT molecular complexity index is 835. The number of hydrogen-bond donors (Lipinski definition) is 2. The molecule has 0 bridgehead atoms. The van der Waals surface area contributed by atoms with Crippen LogP contribution in [-0.2, 0) is 25.9 Å². The van der Waals surface area contributed by atoms with E-state index in [4.69, 9.17) is 0 Å². The minimum absolute atomic E-state index is 0. The summed E-state index contributed by atoms with van der Waals surface area (Å²) in [6.45, 7) is 5.23. The van der Waals surface area contributed by atoms with Crippen LogP contribution in [0.3, 0.4) is 0 Å². The largest absolute Gasteiger partial charge is 0.333 e. The molecule has 0 aliphatic carbocycles. The lowest BCUT2D eigenvalue weighted by atomic mass is 10.1. The van der Waals surface area contributed by atoms with Crippen molar-refractivity contribution in [2.24, 2.45) is 0 Å². The molecule has 2 aliphatic rings. The summed E-state index contributed by atoms with van der Waals surface area (Å²) < 4.78 is 2.05. The SMILES string of the molecule is Cc1nc2c(c(=O)[nH]1)CCN(C(=O)c1cn3c(n1)CCNCC3)C2.Cl. The van der Waals surface area contributed by atoms with E-state index in [1.807, 2.05) is 6.20 Å². The molecule has 0 saturated heterocycles. The van der Waals surface area contributed by atoms with Crippen molar-refractivity contribution in [2.75, 3.05) is 19.6 Å². The molecule has 1 amide bonds. The molecule has 8 nitrogen and oxygen atoms in total. The highest BCUT2D eigenvalue weighted by molar-refractivity contribution is 5.92. The zero-order valence-electron chi connectivity index (χ0n) is 14.0. The summed E-state index contributed by atoms with van der Waals surface area (Å²) in [5, 5.41) is 3.32. The smallest absolute Gasteiger partial charge is 0.274 e. The van der Waals surface area contributed by atoms with Gasteiger partial charge in [-0.25, -0.2) is 9.97 Å². The molecule has 0 atom stereocenters. The van der Waals surface area contributed by atoms with E-state index in [1.165, 1.54) is 0 Å².